The second-order valence-corrected chi connectivity index (χ2v) is 7.56. The van der Waals surface area contributed by atoms with Crippen LogP contribution in [0.15, 0.2) is 12.5 Å². The average molecular weight is 329 g/mol. The highest BCUT2D eigenvalue weighted by molar-refractivity contribution is 5.86. The van der Waals surface area contributed by atoms with Crippen LogP contribution in [0.3, 0.4) is 0 Å². The summed E-state index contributed by atoms with van der Waals surface area (Å²) in [7, 11) is 0. The minimum absolute atomic E-state index is 0.197. The fourth-order valence-corrected chi connectivity index (χ4v) is 4.53. The highest BCUT2D eigenvalue weighted by Gasteiger charge is 2.33. The summed E-state index contributed by atoms with van der Waals surface area (Å²) in [4.78, 5) is 13.9. The van der Waals surface area contributed by atoms with E-state index in [4.69, 9.17) is 5.73 Å². The predicted octanol–water partition coefficient (Wildman–Crippen LogP) is 2.30. The lowest BCUT2D eigenvalue weighted by Gasteiger charge is -2.25. The molecule has 6 heteroatoms. The van der Waals surface area contributed by atoms with Gasteiger partial charge in [-0.3, -0.25) is 4.90 Å². The first-order valence-electron chi connectivity index (χ1n) is 9.17. The van der Waals surface area contributed by atoms with Crippen LogP contribution < -0.4 is 5.73 Å². The lowest BCUT2D eigenvalue weighted by atomic mass is 9.82. The van der Waals surface area contributed by atoms with E-state index in [1.54, 1.807) is 0 Å². The number of nitrogen functional groups attached to an aromatic ring is 1. The maximum absolute atomic E-state index is 10.5. The molecule has 24 heavy (non-hydrogen) atoms. The number of aromatic amines is 1. The smallest absolute Gasteiger partial charge is 0.151 e. The van der Waals surface area contributed by atoms with E-state index in [0.29, 0.717) is 11.7 Å². The molecule has 2 aliphatic rings. The van der Waals surface area contributed by atoms with Crippen LogP contribution in [-0.4, -0.2) is 44.2 Å². The molecule has 0 unspecified atom stereocenters. The van der Waals surface area contributed by atoms with Gasteiger partial charge < -0.3 is 15.8 Å². The van der Waals surface area contributed by atoms with E-state index >= 15 is 0 Å². The first-order chi connectivity index (χ1) is 11.7. The highest BCUT2D eigenvalue weighted by atomic mass is 16.3. The zero-order chi connectivity index (χ0) is 16.5. The summed E-state index contributed by atoms with van der Waals surface area (Å²) in [6, 6.07) is 0. The van der Waals surface area contributed by atoms with Gasteiger partial charge in [-0.1, -0.05) is 32.1 Å². The molecule has 2 atom stereocenters. The number of nitrogens with zero attached hydrogens (tertiary/aromatic N) is 3. The monoisotopic (exact) mass is 329 g/mol. The maximum Gasteiger partial charge on any atom is 0.151 e. The van der Waals surface area contributed by atoms with Crippen LogP contribution in [0.1, 0.15) is 44.1 Å². The molecule has 0 aromatic carbocycles. The Bertz CT molecular complexity index is 694. The van der Waals surface area contributed by atoms with Crippen molar-refractivity contribution in [2.45, 2.75) is 51.2 Å². The Kier molecular flexibility index (Phi) is 4.41. The number of H-pyrrole nitrogens is 1. The zero-order valence-corrected chi connectivity index (χ0v) is 14.1. The fourth-order valence-electron chi connectivity index (χ4n) is 4.53. The fraction of sp³-hybridized carbons (Fsp3) is 0.667. The third kappa shape index (κ3) is 3.13. The van der Waals surface area contributed by atoms with Gasteiger partial charge in [-0.05, 0) is 18.3 Å². The van der Waals surface area contributed by atoms with Gasteiger partial charge in [0.1, 0.15) is 11.8 Å². The molecule has 6 nitrogen and oxygen atoms in total. The van der Waals surface area contributed by atoms with Crippen LogP contribution in [0.5, 0.6) is 0 Å². The van der Waals surface area contributed by atoms with Crippen molar-refractivity contribution in [2.75, 3.05) is 18.8 Å². The van der Waals surface area contributed by atoms with Crippen molar-refractivity contribution < 1.29 is 5.11 Å². The van der Waals surface area contributed by atoms with Gasteiger partial charge in [0, 0.05) is 31.4 Å². The molecule has 2 aromatic heterocycles. The Labute approximate surface area is 142 Å². The Morgan fingerprint density at radius 1 is 1.21 bits per heavy atom. The molecule has 2 aromatic rings. The van der Waals surface area contributed by atoms with Gasteiger partial charge in [-0.25, -0.2) is 9.97 Å². The molecule has 2 fully saturated rings. The Morgan fingerprint density at radius 3 is 2.88 bits per heavy atom. The average Bonchev–Trinajstić information content (AvgIpc) is 3.14. The number of aromatic nitrogens is 3. The van der Waals surface area contributed by atoms with Crippen molar-refractivity contribution in [3.05, 3.63) is 18.1 Å². The van der Waals surface area contributed by atoms with Gasteiger partial charge in [0.2, 0.25) is 0 Å². The number of β-amino-alcohol motifs (C(OH)–C–C–N with tert-alkyl or cyclic N) is 1. The summed E-state index contributed by atoms with van der Waals surface area (Å²) in [6.45, 7) is 2.53. The lowest BCUT2D eigenvalue weighted by molar-refractivity contribution is 0.123. The quantitative estimate of drug-likeness (QED) is 0.800. The van der Waals surface area contributed by atoms with Gasteiger partial charge in [0.25, 0.3) is 0 Å². The maximum atomic E-state index is 10.5. The molecule has 1 aliphatic heterocycles. The summed E-state index contributed by atoms with van der Waals surface area (Å²) < 4.78 is 0. The van der Waals surface area contributed by atoms with E-state index in [1.807, 2.05) is 6.20 Å². The zero-order valence-electron chi connectivity index (χ0n) is 14.1. The molecule has 1 saturated heterocycles. The summed E-state index contributed by atoms with van der Waals surface area (Å²) in [5, 5.41) is 10.5. The minimum atomic E-state index is -0.197. The number of rotatable bonds is 4. The SMILES string of the molecule is Nc1ncnc2c(CN3C[C@H](CC4CCCCC4)[C@@H](O)C3)c[nH]c12. The Balaban J connectivity index is 1.41. The van der Waals surface area contributed by atoms with Gasteiger partial charge >= 0.3 is 0 Å². The third-order valence-electron chi connectivity index (χ3n) is 5.81. The number of hydrogen-bond donors (Lipinski definition) is 3. The summed E-state index contributed by atoms with van der Waals surface area (Å²) in [6.07, 6.45) is 11.3. The number of anilines is 1. The molecule has 4 N–H and O–H groups in total. The van der Waals surface area contributed by atoms with Gasteiger partial charge in [-0.2, -0.15) is 0 Å². The minimum Gasteiger partial charge on any atom is -0.391 e. The van der Waals surface area contributed by atoms with Crippen LogP contribution >= 0.6 is 0 Å². The number of likely N-dealkylation sites (tertiary alicyclic amines) is 1. The van der Waals surface area contributed by atoms with E-state index in [9.17, 15) is 5.11 Å². The van der Waals surface area contributed by atoms with E-state index in [0.717, 1.165) is 42.1 Å². The number of fused-ring (bicyclic) bond motifs is 1. The molecule has 0 radical (unpaired) electrons. The molecule has 1 aliphatic carbocycles. The van der Waals surface area contributed by atoms with E-state index in [2.05, 4.69) is 19.9 Å². The number of aliphatic hydroxyl groups excluding tert-OH is 1. The van der Waals surface area contributed by atoms with Crippen molar-refractivity contribution in [1.29, 1.82) is 0 Å². The molecular formula is C18H27N5O. The van der Waals surface area contributed by atoms with Crippen LogP contribution in [0.2, 0.25) is 0 Å². The van der Waals surface area contributed by atoms with E-state index < -0.39 is 0 Å². The second-order valence-electron chi connectivity index (χ2n) is 7.56. The highest BCUT2D eigenvalue weighted by Crippen LogP contribution is 2.33. The molecular weight excluding hydrogens is 302 g/mol. The molecule has 1 saturated carbocycles. The number of nitrogens with one attached hydrogen (secondary N) is 1. The summed E-state index contributed by atoms with van der Waals surface area (Å²) >= 11 is 0. The molecule has 0 spiro atoms. The number of hydrogen-bond acceptors (Lipinski definition) is 5. The van der Waals surface area contributed by atoms with E-state index in [1.165, 1.54) is 44.9 Å². The predicted molar refractivity (Wildman–Crippen MR) is 94.3 cm³/mol. The van der Waals surface area contributed by atoms with Crippen molar-refractivity contribution in [1.82, 2.24) is 19.9 Å². The van der Waals surface area contributed by atoms with E-state index in [-0.39, 0.29) is 6.10 Å². The van der Waals surface area contributed by atoms with Crippen molar-refractivity contribution in [2.24, 2.45) is 11.8 Å². The van der Waals surface area contributed by atoms with Crippen molar-refractivity contribution >= 4 is 16.9 Å². The molecule has 0 amide bonds. The third-order valence-corrected chi connectivity index (χ3v) is 5.81. The Morgan fingerprint density at radius 2 is 2.04 bits per heavy atom. The van der Waals surface area contributed by atoms with Crippen molar-refractivity contribution in [3.63, 3.8) is 0 Å². The van der Waals surface area contributed by atoms with Gasteiger partial charge in [0.15, 0.2) is 5.82 Å². The molecule has 3 heterocycles. The van der Waals surface area contributed by atoms with Crippen molar-refractivity contribution in [3.8, 4) is 0 Å². The first kappa shape index (κ1) is 15.8. The van der Waals surface area contributed by atoms with Gasteiger partial charge in [0.05, 0.1) is 11.6 Å². The first-order valence-corrected chi connectivity index (χ1v) is 9.17. The molecule has 130 valence electrons. The standard InChI is InChI=1S/C18H27N5O/c19-18-17-16(21-11-22-18)14(7-20-17)9-23-8-13(15(24)10-23)6-12-4-2-1-3-5-12/h7,11-13,15,20,24H,1-6,8-10H2,(H2,19,21,22)/t13-,15-/m0/s1. The molecule has 4 rings (SSSR count). The van der Waals surface area contributed by atoms with Crippen LogP contribution in [0.25, 0.3) is 11.0 Å². The van der Waals surface area contributed by atoms with Crippen LogP contribution in [0, 0.1) is 11.8 Å². The lowest BCUT2D eigenvalue weighted by Crippen LogP contribution is -2.22. The Hall–Kier alpha value is -1.66. The largest absolute Gasteiger partial charge is 0.391 e. The number of aliphatic hydroxyl groups is 1. The summed E-state index contributed by atoms with van der Waals surface area (Å²) in [5.74, 6) is 1.72. The topological polar surface area (TPSA) is 91.1 Å². The normalized spacial score (nSPS) is 26.4. The number of nitrogens with two attached hydrogens (primary N) is 1. The van der Waals surface area contributed by atoms with Crippen LogP contribution in [0.4, 0.5) is 5.82 Å². The second kappa shape index (κ2) is 6.69. The van der Waals surface area contributed by atoms with Crippen LogP contribution in [-0.2, 0) is 6.54 Å². The van der Waals surface area contributed by atoms with Gasteiger partial charge in [-0.15, -0.1) is 0 Å². The molecule has 0 bridgehead atoms. The summed E-state index contributed by atoms with van der Waals surface area (Å²) in [5.41, 5.74) is 8.73.